The molecule has 2 aromatic rings. The Morgan fingerprint density at radius 3 is 2.74 bits per heavy atom. The van der Waals surface area contributed by atoms with Gasteiger partial charge < -0.3 is 10.2 Å². The average Bonchev–Trinajstić information content (AvgIpc) is 2.54. The predicted molar refractivity (Wildman–Crippen MR) is 84.5 cm³/mol. The van der Waals surface area contributed by atoms with Crippen LogP contribution in [0, 0.1) is 11.6 Å². The maximum absolute atomic E-state index is 13.2. The van der Waals surface area contributed by atoms with Crippen molar-refractivity contribution in [1.29, 1.82) is 0 Å². The van der Waals surface area contributed by atoms with Crippen molar-refractivity contribution in [3.8, 4) is 0 Å². The minimum absolute atomic E-state index is 0.0205. The van der Waals surface area contributed by atoms with Crippen LogP contribution in [0.3, 0.4) is 0 Å². The fourth-order valence-corrected chi connectivity index (χ4v) is 3.04. The second kappa shape index (κ2) is 6.37. The fraction of sp³-hybridized carbons (Fsp3) is 0.125. The minimum atomic E-state index is -0.954. The molecule has 0 aliphatic carbocycles. The number of anilines is 2. The molecular formula is C16H12F2N2O2S. The van der Waals surface area contributed by atoms with Gasteiger partial charge in [-0.2, -0.15) is 0 Å². The smallest absolute Gasteiger partial charge is 0.244 e. The quantitative estimate of drug-likeness (QED) is 0.878. The molecule has 2 amide bonds. The zero-order valence-corrected chi connectivity index (χ0v) is 12.7. The first kappa shape index (κ1) is 15.5. The Balaban J connectivity index is 1.73. The molecule has 118 valence electrons. The lowest BCUT2D eigenvalue weighted by Crippen LogP contribution is -2.43. The highest BCUT2D eigenvalue weighted by Gasteiger charge is 2.26. The van der Waals surface area contributed by atoms with Crippen LogP contribution in [-0.2, 0) is 9.59 Å². The van der Waals surface area contributed by atoms with E-state index in [0.29, 0.717) is 16.3 Å². The van der Waals surface area contributed by atoms with Crippen LogP contribution in [0.5, 0.6) is 0 Å². The lowest BCUT2D eigenvalue weighted by molar-refractivity contribution is -0.120. The SMILES string of the molecule is O=C1CN(C(=O)CSc2ccc(F)c(F)c2)c2ccccc2N1. The van der Waals surface area contributed by atoms with Crippen molar-refractivity contribution < 1.29 is 18.4 Å². The van der Waals surface area contributed by atoms with Crippen molar-refractivity contribution in [1.82, 2.24) is 0 Å². The average molecular weight is 334 g/mol. The van der Waals surface area contributed by atoms with Crippen LogP contribution in [0.15, 0.2) is 47.4 Å². The monoisotopic (exact) mass is 334 g/mol. The van der Waals surface area contributed by atoms with Gasteiger partial charge in [-0.25, -0.2) is 8.78 Å². The highest BCUT2D eigenvalue weighted by atomic mass is 32.2. The van der Waals surface area contributed by atoms with Gasteiger partial charge in [0.2, 0.25) is 11.8 Å². The van der Waals surface area contributed by atoms with E-state index in [4.69, 9.17) is 0 Å². The number of benzene rings is 2. The molecule has 0 radical (unpaired) electrons. The van der Waals surface area contributed by atoms with Crippen molar-refractivity contribution in [2.75, 3.05) is 22.5 Å². The topological polar surface area (TPSA) is 49.4 Å². The van der Waals surface area contributed by atoms with E-state index in [1.165, 1.54) is 11.0 Å². The maximum Gasteiger partial charge on any atom is 0.244 e. The highest BCUT2D eigenvalue weighted by Crippen LogP contribution is 2.30. The molecule has 1 heterocycles. The molecule has 0 fully saturated rings. The van der Waals surface area contributed by atoms with Crippen LogP contribution in [-0.4, -0.2) is 24.1 Å². The number of amides is 2. The summed E-state index contributed by atoms with van der Waals surface area (Å²) in [6.07, 6.45) is 0. The van der Waals surface area contributed by atoms with E-state index in [0.717, 1.165) is 23.9 Å². The third-order valence-corrected chi connectivity index (χ3v) is 4.30. The van der Waals surface area contributed by atoms with E-state index in [9.17, 15) is 18.4 Å². The van der Waals surface area contributed by atoms with Gasteiger partial charge in [0, 0.05) is 4.90 Å². The predicted octanol–water partition coefficient (Wildman–Crippen LogP) is 3.04. The molecule has 0 saturated carbocycles. The summed E-state index contributed by atoms with van der Waals surface area (Å²) in [5.41, 5.74) is 1.21. The Morgan fingerprint density at radius 2 is 1.96 bits per heavy atom. The maximum atomic E-state index is 13.2. The molecule has 0 saturated heterocycles. The molecule has 1 N–H and O–H groups in total. The summed E-state index contributed by atoms with van der Waals surface area (Å²) in [5.74, 6) is -2.41. The van der Waals surface area contributed by atoms with Crippen molar-refractivity contribution in [3.05, 3.63) is 54.1 Å². The van der Waals surface area contributed by atoms with Crippen LogP contribution in [0.4, 0.5) is 20.2 Å². The Morgan fingerprint density at radius 1 is 1.17 bits per heavy atom. The van der Waals surface area contributed by atoms with Gasteiger partial charge in [-0.3, -0.25) is 9.59 Å². The highest BCUT2D eigenvalue weighted by molar-refractivity contribution is 8.00. The number of carbonyl (C=O) groups excluding carboxylic acids is 2. The summed E-state index contributed by atoms with van der Waals surface area (Å²) in [4.78, 5) is 25.9. The van der Waals surface area contributed by atoms with E-state index in [1.807, 2.05) is 0 Å². The number of thioether (sulfide) groups is 1. The first-order chi connectivity index (χ1) is 11.0. The molecular weight excluding hydrogens is 322 g/mol. The second-order valence-electron chi connectivity index (χ2n) is 4.91. The number of fused-ring (bicyclic) bond motifs is 1. The first-order valence-electron chi connectivity index (χ1n) is 6.81. The number of nitrogens with one attached hydrogen (secondary N) is 1. The normalized spacial score (nSPS) is 13.5. The molecule has 0 spiro atoms. The number of halogens is 2. The summed E-state index contributed by atoms with van der Waals surface area (Å²) < 4.78 is 26.1. The summed E-state index contributed by atoms with van der Waals surface area (Å²) in [5, 5.41) is 2.70. The van der Waals surface area contributed by atoms with Crippen molar-refractivity contribution in [3.63, 3.8) is 0 Å². The van der Waals surface area contributed by atoms with Gasteiger partial charge in [-0.15, -0.1) is 11.8 Å². The molecule has 0 atom stereocenters. The molecule has 0 bridgehead atoms. The molecule has 0 unspecified atom stereocenters. The van der Waals surface area contributed by atoms with Crippen LogP contribution < -0.4 is 10.2 Å². The number of para-hydroxylation sites is 2. The van der Waals surface area contributed by atoms with Gasteiger partial charge in [0.15, 0.2) is 11.6 Å². The van der Waals surface area contributed by atoms with Crippen LogP contribution in [0.25, 0.3) is 0 Å². The number of hydrogen-bond donors (Lipinski definition) is 1. The van der Waals surface area contributed by atoms with Crippen molar-refractivity contribution >= 4 is 35.0 Å². The van der Waals surface area contributed by atoms with Gasteiger partial charge in [-0.05, 0) is 30.3 Å². The van der Waals surface area contributed by atoms with Gasteiger partial charge in [-0.1, -0.05) is 12.1 Å². The fourth-order valence-electron chi connectivity index (χ4n) is 2.25. The number of nitrogens with zero attached hydrogens (tertiary/aromatic N) is 1. The van der Waals surface area contributed by atoms with Crippen LogP contribution >= 0.6 is 11.8 Å². The molecule has 23 heavy (non-hydrogen) atoms. The Kier molecular flexibility index (Phi) is 4.29. The molecule has 7 heteroatoms. The van der Waals surface area contributed by atoms with E-state index in [-0.39, 0.29) is 24.1 Å². The number of hydrogen-bond acceptors (Lipinski definition) is 3. The second-order valence-corrected chi connectivity index (χ2v) is 5.96. The van der Waals surface area contributed by atoms with E-state index < -0.39 is 11.6 Å². The molecule has 3 rings (SSSR count). The standard InChI is InChI=1S/C16H12F2N2O2S/c17-11-6-5-10(7-12(11)18)23-9-16(22)20-8-15(21)19-13-3-1-2-4-14(13)20/h1-7H,8-9H2,(H,19,21). The molecule has 2 aromatic carbocycles. The minimum Gasteiger partial charge on any atom is -0.323 e. The lowest BCUT2D eigenvalue weighted by atomic mass is 10.2. The summed E-state index contributed by atoms with van der Waals surface area (Å²) in [6.45, 7) is -0.0613. The Hall–Kier alpha value is -2.41. The van der Waals surface area contributed by atoms with E-state index in [2.05, 4.69) is 5.32 Å². The van der Waals surface area contributed by atoms with Crippen molar-refractivity contribution in [2.24, 2.45) is 0 Å². The van der Waals surface area contributed by atoms with Gasteiger partial charge in [0.05, 0.1) is 17.1 Å². The Bertz CT molecular complexity index is 782. The zero-order valence-electron chi connectivity index (χ0n) is 11.9. The van der Waals surface area contributed by atoms with Gasteiger partial charge in [0.25, 0.3) is 0 Å². The van der Waals surface area contributed by atoms with Gasteiger partial charge in [0.1, 0.15) is 6.54 Å². The molecule has 1 aliphatic heterocycles. The summed E-state index contributed by atoms with van der Waals surface area (Å²) in [6, 6.07) is 10.5. The van der Waals surface area contributed by atoms with Gasteiger partial charge >= 0.3 is 0 Å². The third kappa shape index (κ3) is 3.34. The molecule has 0 aromatic heterocycles. The van der Waals surface area contributed by atoms with Crippen LogP contribution in [0.1, 0.15) is 0 Å². The summed E-state index contributed by atoms with van der Waals surface area (Å²) >= 11 is 1.09. The van der Waals surface area contributed by atoms with E-state index >= 15 is 0 Å². The summed E-state index contributed by atoms with van der Waals surface area (Å²) in [7, 11) is 0. The number of carbonyl (C=O) groups is 2. The largest absolute Gasteiger partial charge is 0.323 e. The zero-order chi connectivity index (χ0) is 16.4. The number of rotatable bonds is 3. The van der Waals surface area contributed by atoms with Crippen LogP contribution in [0.2, 0.25) is 0 Å². The molecule has 4 nitrogen and oxygen atoms in total. The third-order valence-electron chi connectivity index (χ3n) is 3.33. The lowest BCUT2D eigenvalue weighted by Gasteiger charge is -2.29. The van der Waals surface area contributed by atoms with Crippen molar-refractivity contribution in [2.45, 2.75) is 4.90 Å². The molecule has 1 aliphatic rings. The van der Waals surface area contributed by atoms with E-state index in [1.54, 1.807) is 24.3 Å². The first-order valence-corrected chi connectivity index (χ1v) is 7.80. The Labute approximate surface area is 135 Å².